The summed E-state index contributed by atoms with van der Waals surface area (Å²) >= 11 is 3.54. The molecule has 2 aromatic carbocycles. The minimum atomic E-state index is -0.935. The van der Waals surface area contributed by atoms with E-state index < -0.39 is 5.97 Å². The summed E-state index contributed by atoms with van der Waals surface area (Å²) in [5.74, 6) is 0.188. The summed E-state index contributed by atoms with van der Waals surface area (Å²) in [7, 11) is 0. The monoisotopic (exact) mass is 362 g/mol. The first-order valence-electron chi connectivity index (χ1n) is 7.14. The molecule has 0 spiro atoms. The average molecular weight is 363 g/mol. The van der Waals surface area contributed by atoms with E-state index in [1.165, 1.54) is 0 Å². The molecule has 0 aromatic heterocycles. The van der Waals surface area contributed by atoms with Crippen molar-refractivity contribution in [1.82, 2.24) is 0 Å². The van der Waals surface area contributed by atoms with E-state index in [9.17, 15) is 9.90 Å². The van der Waals surface area contributed by atoms with E-state index in [1.807, 2.05) is 19.1 Å². The molecular formula is C18H19BrO3. The molecule has 1 N–H and O–H groups in total. The topological polar surface area (TPSA) is 46.5 Å². The van der Waals surface area contributed by atoms with Gasteiger partial charge in [-0.05, 0) is 42.2 Å². The molecule has 0 aliphatic carbocycles. The molecule has 2 aromatic rings. The van der Waals surface area contributed by atoms with Crippen LogP contribution in [0.4, 0.5) is 0 Å². The van der Waals surface area contributed by atoms with E-state index in [0.29, 0.717) is 11.5 Å². The Labute approximate surface area is 139 Å². The highest BCUT2D eigenvalue weighted by molar-refractivity contribution is 9.10. The summed E-state index contributed by atoms with van der Waals surface area (Å²) < 4.78 is 6.98. The van der Waals surface area contributed by atoms with E-state index in [-0.39, 0.29) is 12.2 Å². The summed E-state index contributed by atoms with van der Waals surface area (Å²) in [5, 5.41) is 9.22. The number of ether oxygens (including phenoxy) is 1. The smallest absolute Gasteiger partial charge is 0.336 e. The lowest BCUT2D eigenvalue weighted by atomic mass is 10.0. The summed E-state index contributed by atoms with van der Waals surface area (Å²) in [5.41, 5.74) is 3.14. The minimum absolute atomic E-state index is 0.239. The fourth-order valence-corrected chi connectivity index (χ4v) is 2.62. The first-order chi connectivity index (χ1) is 10.4. The van der Waals surface area contributed by atoms with E-state index in [4.69, 9.17) is 4.74 Å². The number of hydrogen-bond donors (Lipinski definition) is 1. The molecule has 0 bridgehead atoms. The van der Waals surface area contributed by atoms with Crippen molar-refractivity contribution >= 4 is 21.9 Å². The molecule has 0 fully saturated rings. The molecule has 0 unspecified atom stereocenters. The lowest BCUT2D eigenvalue weighted by Gasteiger charge is -2.16. The molecule has 3 nitrogen and oxygen atoms in total. The van der Waals surface area contributed by atoms with Crippen molar-refractivity contribution in [1.29, 1.82) is 0 Å². The third-order valence-electron chi connectivity index (χ3n) is 3.54. The Kier molecular flexibility index (Phi) is 5.24. The van der Waals surface area contributed by atoms with Crippen LogP contribution in [0.25, 0.3) is 0 Å². The van der Waals surface area contributed by atoms with Crippen molar-refractivity contribution < 1.29 is 14.6 Å². The van der Waals surface area contributed by atoms with Crippen molar-refractivity contribution in [2.75, 3.05) is 0 Å². The van der Waals surface area contributed by atoms with Gasteiger partial charge >= 0.3 is 5.97 Å². The number of aryl methyl sites for hydroxylation is 1. The first-order valence-corrected chi connectivity index (χ1v) is 7.93. The van der Waals surface area contributed by atoms with Gasteiger partial charge in [-0.25, -0.2) is 4.79 Å². The van der Waals surface area contributed by atoms with Gasteiger partial charge in [-0.3, -0.25) is 0 Å². The molecule has 0 atom stereocenters. The van der Waals surface area contributed by atoms with Crippen molar-refractivity contribution in [3.63, 3.8) is 0 Å². The largest absolute Gasteiger partial charge is 0.489 e. The van der Waals surface area contributed by atoms with Crippen molar-refractivity contribution in [3.8, 4) is 5.75 Å². The summed E-state index contributed by atoms with van der Waals surface area (Å²) in [4.78, 5) is 11.2. The predicted octanol–water partition coefficient (Wildman–Crippen LogP) is 5.16. The van der Waals surface area contributed by atoms with Crippen LogP contribution in [0.2, 0.25) is 0 Å². The molecule has 22 heavy (non-hydrogen) atoms. The van der Waals surface area contributed by atoms with Gasteiger partial charge in [0.1, 0.15) is 12.4 Å². The number of aromatic carboxylic acids is 1. The number of halogens is 1. The maximum atomic E-state index is 11.2. The second-order valence-corrected chi connectivity index (χ2v) is 6.40. The normalized spacial score (nSPS) is 10.8. The predicted molar refractivity (Wildman–Crippen MR) is 90.7 cm³/mol. The molecule has 0 saturated heterocycles. The van der Waals surface area contributed by atoms with Crippen molar-refractivity contribution in [2.24, 2.45) is 0 Å². The molecule has 0 radical (unpaired) electrons. The Morgan fingerprint density at radius 1 is 1.27 bits per heavy atom. The molecule has 0 amide bonds. The van der Waals surface area contributed by atoms with Crippen LogP contribution in [0.15, 0.2) is 40.9 Å². The quantitative estimate of drug-likeness (QED) is 0.798. The van der Waals surface area contributed by atoms with Gasteiger partial charge in [0.25, 0.3) is 0 Å². The maximum Gasteiger partial charge on any atom is 0.336 e. The van der Waals surface area contributed by atoms with Crippen LogP contribution < -0.4 is 4.74 Å². The third-order valence-corrected chi connectivity index (χ3v) is 4.40. The average Bonchev–Trinajstić information content (AvgIpc) is 2.48. The van der Waals surface area contributed by atoms with Gasteiger partial charge in [0.15, 0.2) is 0 Å². The number of carboxylic acid groups (broad SMARTS) is 1. The number of benzene rings is 2. The number of carbonyl (C=O) groups is 1. The Hall–Kier alpha value is -1.81. The van der Waals surface area contributed by atoms with E-state index in [1.54, 1.807) is 18.2 Å². The van der Waals surface area contributed by atoms with E-state index in [2.05, 4.69) is 35.8 Å². The molecule has 4 heteroatoms. The highest BCUT2D eigenvalue weighted by atomic mass is 79.9. The Balaban J connectivity index is 2.29. The van der Waals surface area contributed by atoms with Gasteiger partial charge in [-0.15, -0.1) is 0 Å². The van der Waals surface area contributed by atoms with Crippen LogP contribution in [0.3, 0.4) is 0 Å². The standard InChI is InChI=1S/C18H19BrO3/c1-11(2)15-9-16(19)12(3)8-17(15)22-10-13-6-4-5-7-14(13)18(20)21/h4-9,11H,10H2,1-3H3,(H,20,21). The van der Waals surface area contributed by atoms with E-state index in [0.717, 1.165) is 21.3 Å². The van der Waals surface area contributed by atoms with E-state index >= 15 is 0 Å². The summed E-state index contributed by atoms with van der Waals surface area (Å²) in [6, 6.07) is 11.0. The fourth-order valence-electron chi connectivity index (χ4n) is 2.26. The van der Waals surface area contributed by atoms with Gasteiger partial charge < -0.3 is 9.84 Å². The summed E-state index contributed by atoms with van der Waals surface area (Å²) in [6.07, 6.45) is 0. The number of rotatable bonds is 5. The van der Waals surface area contributed by atoms with Crippen LogP contribution in [-0.4, -0.2) is 11.1 Å². The van der Waals surface area contributed by atoms with Crippen LogP contribution in [0.5, 0.6) is 5.75 Å². The van der Waals surface area contributed by atoms with Crippen molar-refractivity contribution in [3.05, 3.63) is 63.1 Å². The molecule has 0 aliphatic heterocycles. The highest BCUT2D eigenvalue weighted by Crippen LogP contribution is 2.32. The highest BCUT2D eigenvalue weighted by Gasteiger charge is 2.13. The third kappa shape index (κ3) is 3.69. The zero-order valence-corrected chi connectivity index (χ0v) is 14.5. The second-order valence-electron chi connectivity index (χ2n) is 5.54. The summed E-state index contributed by atoms with van der Waals surface area (Å²) in [6.45, 7) is 6.46. The fraction of sp³-hybridized carbons (Fsp3) is 0.278. The minimum Gasteiger partial charge on any atom is -0.489 e. The van der Waals surface area contributed by atoms with Gasteiger partial charge in [-0.2, -0.15) is 0 Å². The lowest BCUT2D eigenvalue weighted by Crippen LogP contribution is -2.06. The maximum absolute atomic E-state index is 11.2. The van der Waals surface area contributed by atoms with Gasteiger partial charge in [0, 0.05) is 10.0 Å². The SMILES string of the molecule is Cc1cc(OCc2ccccc2C(=O)O)c(C(C)C)cc1Br. The van der Waals surface area contributed by atoms with Gasteiger partial charge in [0.05, 0.1) is 5.56 Å². The molecule has 0 aliphatic rings. The van der Waals surface area contributed by atoms with Crippen LogP contribution >= 0.6 is 15.9 Å². The molecule has 0 saturated carbocycles. The number of hydrogen-bond acceptors (Lipinski definition) is 2. The van der Waals surface area contributed by atoms with Crippen LogP contribution in [0, 0.1) is 6.92 Å². The zero-order valence-electron chi connectivity index (χ0n) is 12.9. The van der Waals surface area contributed by atoms with Gasteiger partial charge in [0.2, 0.25) is 0 Å². The molecule has 2 rings (SSSR count). The zero-order chi connectivity index (χ0) is 16.3. The van der Waals surface area contributed by atoms with Crippen LogP contribution in [0.1, 0.15) is 46.8 Å². The molecular weight excluding hydrogens is 344 g/mol. The van der Waals surface area contributed by atoms with Crippen LogP contribution in [-0.2, 0) is 6.61 Å². The Bertz CT molecular complexity index is 693. The number of carboxylic acids is 1. The first kappa shape index (κ1) is 16.6. The molecule has 116 valence electrons. The lowest BCUT2D eigenvalue weighted by molar-refractivity contribution is 0.0694. The second kappa shape index (κ2) is 6.97. The Morgan fingerprint density at radius 2 is 1.95 bits per heavy atom. The Morgan fingerprint density at radius 3 is 2.59 bits per heavy atom. The molecule has 0 heterocycles. The van der Waals surface area contributed by atoms with Crippen molar-refractivity contribution in [2.45, 2.75) is 33.3 Å². The van der Waals surface area contributed by atoms with Gasteiger partial charge in [-0.1, -0.05) is 48.0 Å².